The number of amidine groups is 1. The summed E-state index contributed by atoms with van der Waals surface area (Å²) in [6, 6.07) is 12.5. The van der Waals surface area contributed by atoms with Crippen LogP contribution in [0.1, 0.15) is 19.4 Å². The number of hydrogen-bond donors (Lipinski definition) is 1. The SMILES string of the molecule is CC(C)[C@@H](N=C1NS(=O)(=O)c2ccccc21)C(=O)N1CCN(c2ccccc2F)CC1. The number of carbonyl (C=O) groups is 1. The van der Waals surface area contributed by atoms with Crippen molar-refractivity contribution in [2.45, 2.75) is 24.8 Å². The van der Waals surface area contributed by atoms with E-state index in [1.807, 2.05) is 18.7 Å². The monoisotopic (exact) mass is 444 g/mol. The zero-order valence-corrected chi connectivity index (χ0v) is 18.3. The van der Waals surface area contributed by atoms with Crippen LogP contribution >= 0.6 is 0 Å². The molecule has 2 heterocycles. The molecule has 0 spiro atoms. The minimum atomic E-state index is -3.67. The van der Waals surface area contributed by atoms with Crippen molar-refractivity contribution in [3.05, 3.63) is 59.9 Å². The van der Waals surface area contributed by atoms with E-state index in [1.54, 1.807) is 41.3 Å². The number of nitrogens with one attached hydrogen (secondary N) is 1. The van der Waals surface area contributed by atoms with Gasteiger partial charge in [-0.2, -0.15) is 0 Å². The van der Waals surface area contributed by atoms with Crippen molar-refractivity contribution >= 4 is 27.5 Å². The van der Waals surface area contributed by atoms with Crippen LogP contribution in [0.5, 0.6) is 0 Å². The molecule has 164 valence electrons. The molecule has 2 aromatic carbocycles. The maximum atomic E-state index is 14.1. The first-order valence-corrected chi connectivity index (χ1v) is 11.7. The van der Waals surface area contributed by atoms with Gasteiger partial charge in [-0.15, -0.1) is 0 Å². The number of rotatable bonds is 4. The predicted molar refractivity (Wildman–Crippen MR) is 117 cm³/mol. The first-order valence-electron chi connectivity index (χ1n) is 10.3. The number of sulfonamides is 1. The number of carbonyl (C=O) groups excluding carboxylic acids is 1. The Morgan fingerprint density at radius 3 is 2.35 bits per heavy atom. The number of fused-ring (bicyclic) bond motifs is 1. The van der Waals surface area contributed by atoms with Gasteiger partial charge in [-0.3, -0.25) is 14.5 Å². The highest BCUT2D eigenvalue weighted by atomic mass is 32.2. The number of anilines is 1. The fourth-order valence-electron chi connectivity index (χ4n) is 3.92. The summed E-state index contributed by atoms with van der Waals surface area (Å²) in [5.41, 5.74) is 1.01. The number of hydrogen-bond acceptors (Lipinski definition) is 5. The maximum absolute atomic E-state index is 14.1. The lowest BCUT2D eigenvalue weighted by Gasteiger charge is -2.37. The van der Waals surface area contributed by atoms with Gasteiger partial charge in [0.1, 0.15) is 17.7 Å². The molecule has 0 saturated carbocycles. The van der Waals surface area contributed by atoms with Gasteiger partial charge in [-0.1, -0.05) is 38.1 Å². The Labute approximate surface area is 181 Å². The zero-order chi connectivity index (χ0) is 22.2. The third-order valence-corrected chi connectivity index (χ3v) is 7.00. The van der Waals surface area contributed by atoms with Crippen molar-refractivity contribution in [1.29, 1.82) is 0 Å². The first kappa shape index (κ1) is 21.3. The molecular formula is C22H25FN4O3S. The van der Waals surface area contributed by atoms with Gasteiger partial charge in [-0.25, -0.2) is 12.8 Å². The first-order chi connectivity index (χ1) is 14.8. The molecule has 4 rings (SSSR count). The molecule has 7 nitrogen and oxygen atoms in total. The lowest BCUT2D eigenvalue weighted by Crippen LogP contribution is -2.52. The van der Waals surface area contributed by atoms with Crippen LogP contribution in [0, 0.1) is 11.7 Å². The van der Waals surface area contributed by atoms with Gasteiger partial charge < -0.3 is 9.80 Å². The van der Waals surface area contributed by atoms with Gasteiger partial charge in [0.05, 0.1) is 10.6 Å². The number of amides is 1. The van der Waals surface area contributed by atoms with E-state index in [0.29, 0.717) is 37.4 Å². The highest BCUT2D eigenvalue weighted by molar-refractivity contribution is 7.90. The Hall–Kier alpha value is -2.94. The molecule has 0 aliphatic carbocycles. The molecule has 2 aliphatic rings. The quantitative estimate of drug-likeness (QED) is 0.784. The van der Waals surface area contributed by atoms with Gasteiger partial charge in [0.15, 0.2) is 0 Å². The number of piperazine rings is 1. The number of para-hydroxylation sites is 1. The third kappa shape index (κ3) is 4.14. The predicted octanol–water partition coefficient (Wildman–Crippen LogP) is 2.24. The Balaban J connectivity index is 1.52. The van der Waals surface area contributed by atoms with Crippen LogP contribution in [0.25, 0.3) is 0 Å². The molecule has 9 heteroatoms. The van der Waals surface area contributed by atoms with Crippen LogP contribution in [0.15, 0.2) is 58.4 Å². The lowest BCUT2D eigenvalue weighted by atomic mass is 10.0. The summed E-state index contributed by atoms with van der Waals surface area (Å²) < 4.78 is 41.3. The molecule has 0 radical (unpaired) electrons. The molecule has 1 fully saturated rings. The second kappa shape index (κ2) is 8.30. The largest absolute Gasteiger partial charge is 0.366 e. The van der Waals surface area contributed by atoms with Crippen LogP contribution in [0.3, 0.4) is 0 Å². The summed E-state index contributed by atoms with van der Waals surface area (Å²) >= 11 is 0. The molecule has 0 unspecified atom stereocenters. The number of benzene rings is 2. The van der Waals surface area contributed by atoms with E-state index in [4.69, 9.17) is 0 Å². The van der Waals surface area contributed by atoms with Gasteiger partial charge in [0.25, 0.3) is 10.0 Å². The Morgan fingerprint density at radius 2 is 1.68 bits per heavy atom. The number of nitrogens with zero attached hydrogens (tertiary/aromatic N) is 3. The van der Waals surface area contributed by atoms with Crippen molar-refractivity contribution in [2.75, 3.05) is 31.1 Å². The molecular weight excluding hydrogens is 419 g/mol. The summed E-state index contributed by atoms with van der Waals surface area (Å²) in [6.45, 7) is 5.70. The standard InChI is InChI=1S/C22H25FN4O3S/c1-15(2)20(24-21-16-7-3-6-10-19(16)31(29,30)25-21)22(28)27-13-11-26(12-14-27)18-9-5-4-8-17(18)23/h3-10,15,20H,11-14H2,1-2H3,(H,24,25)/t20-/m1/s1. The normalized spacial score (nSPS) is 19.9. The van der Waals surface area contributed by atoms with Gasteiger partial charge in [0, 0.05) is 31.7 Å². The van der Waals surface area contributed by atoms with E-state index in [0.717, 1.165) is 0 Å². The van der Waals surface area contributed by atoms with Crippen molar-refractivity contribution in [1.82, 2.24) is 9.62 Å². The average Bonchev–Trinajstić information content (AvgIpc) is 3.02. The fraction of sp³-hybridized carbons (Fsp3) is 0.364. The molecule has 2 aliphatic heterocycles. The van der Waals surface area contributed by atoms with Crippen molar-refractivity contribution in [3.63, 3.8) is 0 Å². The molecule has 0 aromatic heterocycles. The lowest BCUT2D eigenvalue weighted by molar-refractivity contribution is -0.133. The van der Waals surface area contributed by atoms with Crippen LogP contribution in [-0.4, -0.2) is 57.3 Å². The molecule has 1 atom stereocenters. The van der Waals surface area contributed by atoms with E-state index >= 15 is 0 Å². The van der Waals surface area contributed by atoms with Crippen LogP contribution in [-0.2, 0) is 14.8 Å². The summed E-state index contributed by atoms with van der Waals surface area (Å²) in [6.07, 6.45) is 0. The topological polar surface area (TPSA) is 82.1 Å². The fourth-order valence-corrected chi connectivity index (χ4v) is 5.16. The summed E-state index contributed by atoms with van der Waals surface area (Å²) in [5.74, 6) is -0.352. The molecule has 1 amide bonds. The molecule has 1 saturated heterocycles. The van der Waals surface area contributed by atoms with Gasteiger partial charge in [-0.05, 0) is 30.2 Å². The minimum absolute atomic E-state index is 0.123. The van der Waals surface area contributed by atoms with E-state index < -0.39 is 16.1 Å². The second-order valence-corrected chi connectivity index (χ2v) is 9.68. The highest BCUT2D eigenvalue weighted by Crippen LogP contribution is 2.25. The zero-order valence-electron chi connectivity index (χ0n) is 17.5. The molecule has 31 heavy (non-hydrogen) atoms. The van der Waals surface area contributed by atoms with Crippen LogP contribution in [0.2, 0.25) is 0 Å². The van der Waals surface area contributed by atoms with E-state index in [-0.39, 0.29) is 28.4 Å². The second-order valence-electron chi connectivity index (χ2n) is 8.03. The van der Waals surface area contributed by atoms with E-state index in [2.05, 4.69) is 9.71 Å². The molecule has 1 N–H and O–H groups in total. The summed E-state index contributed by atoms with van der Waals surface area (Å²) in [7, 11) is -3.67. The number of halogens is 1. The molecule has 0 bridgehead atoms. The van der Waals surface area contributed by atoms with E-state index in [9.17, 15) is 17.6 Å². The van der Waals surface area contributed by atoms with Gasteiger partial charge >= 0.3 is 0 Å². The smallest absolute Gasteiger partial charge is 0.263 e. The summed E-state index contributed by atoms with van der Waals surface area (Å²) in [4.78, 5) is 21.6. The van der Waals surface area contributed by atoms with Crippen molar-refractivity contribution < 1.29 is 17.6 Å². The molecule has 2 aromatic rings. The van der Waals surface area contributed by atoms with Crippen molar-refractivity contribution in [2.24, 2.45) is 10.9 Å². The maximum Gasteiger partial charge on any atom is 0.263 e. The minimum Gasteiger partial charge on any atom is -0.366 e. The Bertz CT molecular complexity index is 1130. The van der Waals surface area contributed by atoms with Crippen molar-refractivity contribution in [3.8, 4) is 0 Å². The van der Waals surface area contributed by atoms with Crippen LogP contribution < -0.4 is 9.62 Å². The van der Waals surface area contributed by atoms with E-state index in [1.165, 1.54) is 12.1 Å². The Morgan fingerprint density at radius 1 is 1.03 bits per heavy atom. The number of aliphatic imine (C=N–C) groups is 1. The third-order valence-electron chi connectivity index (χ3n) is 5.60. The highest BCUT2D eigenvalue weighted by Gasteiger charge is 2.34. The summed E-state index contributed by atoms with van der Waals surface area (Å²) in [5, 5.41) is 0. The Kier molecular flexibility index (Phi) is 5.70. The van der Waals surface area contributed by atoms with Gasteiger partial charge in [0.2, 0.25) is 5.91 Å². The van der Waals surface area contributed by atoms with Crippen LogP contribution in [0.4, 0.5) is 10.1 Å². The average molecular weight is 445 g/mol.